The van der Waals surface area contributed by atoms with Crippen LogP contribution in [0.1, 0.15) is 22.3 Å². The highest BCUT2D eigenvalue weighted by Gasteiger charge is 2.05. The van der Waals surface area contributed by atoms with Crippen molar-refractivity contribution >= 4 is 0 Å². The van der Waals surface area contributed by atoms with Gasteiger partial charge in [0, 0.05) is 11.8 Å². The van der Waals surface area contributed by atoms with Gasteiger partial charge in [0.15, 0.2) is 0 Å². The van der Waals surface area contributed by atoms with Crippen molar-refractivity contribution in [2.24, 2.45) is 0 Å². The van der Waals surface area contributed by atoms with Gasteiger partial charge in [-0.05, 0) is 43.0 Å². The number of pyridine rings is 1. The molecule has 0 spiro atoms. The molecule has 21 heavy (non-hydrogen) atoms. The van der Waals surface area contributed by atoms with Crippen LogP contribution in [0.5, 0.6) is 0 Å². The number of hydrogen-bond donors (Lipinski definition) is 0. The van der Waals surface area contributed by atoms with E-state index in [1.54, 1.807) is 0 Å². The van der Waals surface area contributed by atoms with Crippen molar-refractivity contribution in [2.45, 2.75) is 20.3 Å². The van der Waals surface area contributed by atoms with Gasteiger partial charge in [0.1, 0.15) is 0 Å². The van der Waals surface area contributed by atoms with Crippen LogP contribution in [0.3, 0.4) is 0 Å². The summed E-state index contributed by atoms with van der Waals surface area (Å²) in [5.41, 5.74) is 7.42. The van der Waals surface area contributed by atoms with Crippen LogP contribution in [0.25, 0.3) is 11.3 Å². The zero-order chi connectivity index (χ0) is 14.7. The summed E-state index contributed by atoms with van der Waals surface area (Å²) in [6.07, 6.45) is 2.93. The van der Waals surface area contributed by atoms with Crippen LogP contribution in [-0.2, 0) is 6.42 Å². The lowest BCUT2D eigenvalue weighted by Gasteiger charge is -2.09. The van der Waals surface area contributed by atoms with E-state index in [4.69, 9.17) is 0 Å². The van der Waals surface area contributed by atoms with Gasteiger partial charge in [0.05, 0.1) is 5.69 Å². The lowest BCUT2D eigenvalue weighted by atomic mass is 9.99. The maximum Gasteiger partial charge on any atom is 0.0705 e. The van der Waals surface area contributed by atoms with Crippen molar-refractivity contribution in [1.82, 2.24) is 4.98 Å². The third-order valence-electron chi connectivity index (χ3n) is 3.80. The van der Waals surface area contributed by atoms with Gasteiger partial charge in [0.2, 0.25) is 0 Å². The number of nitrogens with zero attached hydrogens (tertiary/aromatic N) is 1. The van der Waals surface area contributed by atoms with Crippen molar-refractivity contribution in [3.63, 3.8) is 0 Å². The van der Waals surface area contributed by atoms with E-state index in [1.807, 2.05) is 6.20 Å². The van der Waals surface area contributed by atoms with Gasteiger partial charge in [0.25, 0.3) is 0 Å². The molecule has 0 fully saturated rings. The second kappa shape index (κ2) is 5.92. The molecule has 0 aliphatic carbocycles. The van der Waals surface area contributed by atoms with E-state index in [1.165, 1.54) is 27.8 Å². The Labute approximate surface area is 126 Å². The molecule has 1 aromatic heterocycles. The first kappa shape index (κ1) is 13.6. The molecule has 1 heteroatoms. The molecule has 0 saturated heterocycles. The Balaban J connectivity index is 1.94. The first-order valence-corrected chi connectivity index (χ1v) is 7.29. The zero-order valence-electron chi connectivity index (χ0n) is 12.5. The van der Waals surface area contributed by atoms with Crippen molar-refractivity contribution < 1.29 is 0 Å². The molecule has 1 nitrogen and oxygen atoms in total. The summed E-state index contributed by atoms with van der Waals surface area (Å²) in [7, 11) is 0. The maximum atomic E-state index is 4.58. The average molecular weight is 273 g/mol. The van der Waals surface area contributed by atoms with Crippen molar-refractivity contribution in [1.29, 1.82) is 0 Å². The van der Waals surface area contributed by atoms with Crippen molar-refractivity contribution in [2.75, 3.05) is 0 Å². The molecule has 3 aromatic rings. The molecule has 3 rings (SSSR count). The van der Waals surface area contributed by atoms with E-state index in [-0.39, 0.29) is 0 Å². The highest BCUT2D eigenvalue weighted by atomic mass is 14.7. The van der Waals surface area contributed by atoms with Gasteiger partial charge < -0.3 is 0 Å². The Morgan fingerprint density at radius 3 is 2.29 bits per heavy atom. The first-order valence-electron chi connectivity index (χ1n) is 7.29. The smallest absolute Gasteiger partial charge is 0.0705 e. The fourth-order valence-electron chi connectivity index (χ4n) is 2.45. The standard InChI is InChI=1S/C20H19N/c1-15-8-10-18(11-9-15)20-13-19(16(2)14-21-20)12-17-6-4-3-5-7-17/h3-11,13-14H,12H2,1-2H3. The van der Waals surface area contributed by atoms with E-state index >= 15 is 0 Å². The van der Waals surface area contributed by atoms with Crippen LogP contribution >= 0.6 is 0 Å². The Morgan fingerprint density at radius 1 is 0.857 bits per heavy atom. The Bertz CT molecular complexity index is 728. The minimum Gasteiger partial charge on any atom is -0.256 e. The van der Waals surface area contributed by atoms with E-state index in [0.717, 1.165) is 12.1 Å². The maximum absolute atomic E-state index is 4.58. The van der Waals surface area contributed by atoms with Gasteiger partial charge in [-0.15, -0.1) is 0 Å². The fraction of sp³-hybridized carbons (Fsp3) is 0.150. The predicted molar refractivity (Wildman–Crippen MR) is 88.4 cm³/mol. The molecule has 2 aromatic carbocycles. The average Bonchev–Trinajstić information content (AvgIpc) is 2.51. The molecule has 0 bridgehead atoms. The normalized spacial score (nSPS) is 10.6. The molecule has 0 aliphatic heterocycles. The number of hydrogen-bond acceptors (Lipinski definition) is 1. The number of benzene rings is 2. The van der Waals surface area contributed by atoms with Crippen LogP contribution in [0.4, 0.5) is 0 Å². The van der Waals surface area contributed by atoms with Crippen LogP contribution in [0, 0.1) is 13.8 Å². The summed E-state index contributed by atoms with van der Waals surface area (Å²) >= 11 is 0. The monoisotopic (exact) mass is 273 g/mol. The molecule has 0 aliphatic rings. The Kier molecular flexibility index (Phi) is 3.83. The third-order valence-corrected chi connectivity index (χ3v) is 3.80. The number of rotatable bonds is 3. The largest absolute Gasteiger partial charge is 0.256 e. The molecule has 104 valence electrons. The Hall–Kier alpha value is -2.41. The van der Waals surface area contributed by atoms with Gasteiger partial charge in [-0.2, -0.15) is 0 Å². The second-order valence-electron chi connectivity index (χ2n) is 5.52. The number of aryl methyl sites for hydroxylation is 2. The van der Waals surface area contributed by atoms with Crippen molar-refractivity contribution in [3.8, 4) is 11.3 Å². The summed E-state index contributed by atoms with van der Waals surface area (Å²) in [6, 6.07) is 21.3. The van der Waals surface area contributed by atoms with E-state index in [2.05, 4.69) is 79.5 Å². The minimum absolute atomic E-state index is 0.952. The topological polar surface area (TPSA) is 12.9 Å². The molecule has 0 N–H and O–H groups in total. The summed E-state index contributed by atoms with van der Waals surface area (Å²) in [4.78, 5) is 4.58. The zero-order valence-corrected chi connectivity index (χ0v) is 12.5. The lowest BCUT2D eigenvalue weighted by Crippen LogP contribution is -1.95. The highest BCUT2D eigenvalue weighted by molar-refractivity contribution is 5.60. The van der Waals surface area contributed by atoms with Gasteiger partial charge in [-0.1, -0.05) is 60.2 Å². The van der Waals surface area contributed by atoms with Gasteiger partial charge in [-0.3, -0.25) is 4.98 Å². The Morgan fingerprint density at radius 2 is 1.57 bits per heavy atom. The summed E-state index contributed by atoms with van der Waals surface area (Å²) in [5.74, 6) is 0. The molecule has 1 heterocycles. The summed E-state index contributed by atoms with van der Waals surface area (Å²) in [6.45, 7) is 4.23. The summed E-state index contributed by atoms with van der Waals surface area (Å²) < 4.78 is 0. The SMILES string of the molecule is Cc1ccc(-c2cc(Cc3ccccc3)c(C)cn2)cc1. The summed E-state index contributed by atoms with van der Waals surface area (Å²) in [5, 5.41) is 0. The molecule has 0 amide bonds. The molecular formula is C20H19N. The van der Waals surface area contributed by atoms with Crippen LogP contribution in [-0.4, -0.2) is 4.98 Å². The fourth-order valence-corrected chi connectivity index (χ4v) is 2.45. The second-order valence-corrected chi connectivity index (χ2v) is 5.52. The quantitative estimate of drug-likeness (QED) is 0.657. The molecular weight excluding hydrogens is 254 g/mol. The molecule has 0 atom stereocenters. The van der Waals surface area contributed by atoms with Gasteiger partial charge >= 0.3 is 0 Å². The highest BCUT2D eigenvalue weighted by Crippen LogP contribution is 2.22. The molecule has 0 radical (unpaired) electrons. The predicted octanol–water partition coefficient (Wildman–Crippen LogP) is 4.96. The van der Waals surface area contributed by atoms with Crippen molar-refractivity contribution in [3.05, 3.63) is 89.1 Å². The van der Waals surface area contributed by atoms with Crippen LogP contribution < -0.4 is 0 Å². The molecule has 0 unspecified atom stereocenters. The van der Waals surface area contributed by atoms with Gasteiger partial charge in [-0.25, -0.2) is 0 Å². The van der Waals surface area contributed by atoms with E-state index < -0.39 is 0 Å². The number of aromatic nitrogens is 1. The minimum atomic E-state index is 0.952. The van der Waals surface area contributed by atoms with E-state index in [0.29, 0.717) is 0 Å². The molecule has 0 saturated carbocycles. The third kappa shape index (κ3) is 3.19. The van der Waals surface area contributed by atoms with Crippen LogP contribution in [0.2, 0.25) is 0 Å². The first-order chi connectivity index (χ1) is 10.2. The van der Waals surface area contributed by atoms with E-state index in [9.17, 15) is 0 Å². The van der Waals surface area contributed by atoms with Crippen LogP contribution in [0.15, 0.2) is 66.9 Å². The lowest BCUT2D eigenvalue weighted by molar-refractivity contribution is 1.12.